The first-order chi connectivity index (χ1) is 10.1. The Balaban J connectivity index is 1.98. The van der Waals surface area contributed by atoms with E-state index in [2.05, 4.69) is 23.2 Å². The number of nitrogens with zero attached hydrogens (tertiary/aromatic N) is 2. The SMILES string of the molecule is CCCN1CCC(CNc2cc(C(C)=O)ccc2C#N)C1. The van der Waals surface area contributed by atoms with E-state index in [9.17, 15) is 4.79 Å². The molecule has 1 N–H and O–H groups in total. The summed E-state index contributed by atoms with van der Waals surface area (Å²) >= 11 is 0. The zero-order valence-corrected chi connectivity index (χ0v) is 12.9. The molecule has 1 heterocycles. The number of rotatable bonds is 6. The molecule has 1 unspecified atom stereocenters. The third-order valence-electron chi connectivity index (χ3n) is 4.04. The molecule has 0 amide bonds. The Bertz CT molecular complexity index is 547. The van der Waals surface area contributed by atoms with E-state index in [1.165, 1.54) is 25.9 Å². The topological polar surface area (TPSA) is 56.1 Å². The normalized spacial score (nSPS) is 18.4. The molecule has 1 saturated heterocycles. The van der Waals surface area contributed by atoms with Crippen LogP contribution in [0.4, 0.5) is 5.69 Å². The van der Waals surface area contributed by atoms with Crippen molar-refractivity contribution in [1.29, 1.82) is 5.26 Å². The van der Waals surface area contributed by atoms with Gasteiger partial charge in [0.2, 0.25) is 0 Å². The summed E-state index contributed by atoms with van der Waals surface area (Å²) in [5.74, 6) is 0.640. The summed E-state index contributed by atoms with van der Waals surface area (Å²) < 4.78 is 0. The minimum absolute atomic E-state index is 0.0255. The zero-order valence-electron chi connectivity index (χ0n) is 12.9. The molecule has 1 fully saturated rings. The van der Waals surface area contributed by atoms with Crippen LogP contribution < -0.4 is 5.32 Å². The van der Waals surface area contributed by atoms with Crippen molar-refractivity contribution in [3.63, 3.8) is 0 Å². The number of carbonyl (C=O) groups excluding carboxylic acids is 1. The Morgan fingerprint density at radius 2 is 2.33 bits per heavy atom. The second-order valence-corrected chi connectivity index (χ2v) is 5.76. The van der Waals surface area contributed by atoms with E-state index in [0.29, 0.717) is 17.0 Å². The Hall–Kier alpha value is -1.86. The summed E-state index contributed by atoms with van der Waals surface area (Å²) in [6.45, 7) is 8.06. The van der Waals surface area contributed by atoms with Crippen LogP contribution in [0.1, 0.15) is 42.6 Å². The van der Waals surface area contributed by atoms with E-state index in [1.807, 2.05) is 0 Å². The molecule has 0 aliphatic carbocycles. The minimum Gasteiger partial charge on any atom is -0.384 e. The third kappa shape index (κ3) is 4.05. The van der Waals surface area contributed by atoms with Gasteiger partial charge in [-0.1, -0.05) is 6.92 Å². The van der Waals surface area contributed by atoms with E-state index in [0.717, 1.165) is 18.8 Å². The molecule has 112 valence electrons. The van der Waals surface area contributed by atoms with Crippen molar-refractivity contribution in [3.8, 4) is 6.07 Å². The number of carbonyl (C=O) groups is 1. The Morgan fingerprint density at radius 1 is 1.52 bits per heavy atom. The average molecular weight is 285 g/mol. The smallest absolute Gasteiger partial charge is 0.159 e. The molecule has 1 aromatic rings. The van der Waals surface area contributed by atoms with Crippen molar-refractivity contribution in [2.24, 2.45) is 5.92 Å². The average Bonchev–Trinajstić information content (AvgIpc) is 2.92. The number of nitriles is 1. The Labute approximate surface area is 126 Å². The molecule has 21 heavy (non-hydrogen) atoms. The second kappa shape index (κ2) is 7.24. The lowest BCUT2D eigenvalue weighted by molar-refractivity contribution is 0.101. The van der Waals surface area contributed by atoms with Gasteiger partial charge in [-0.2, -0.15) is 5.26 Å². The van der Waals surface area contributed by atoms with Crippen LogP contribution in [-0.2, 0) is 0 Å². The number of anilines is 1. The second-order valence-electron chi connectivity index (χ2n) is 5.76. The predicted octanol–water partition coefficient (Wildman–Crippen LogP) is 2.90. The van der Waals surface area contributed by atoms with Gasteiger partial charge in [-0.15, -0.1) is 0 Å². The van der Waals surface area contributed by atoms with E-state index in [4.69, 9.17) is 5.26 Å². The highest BCUT2D eigenvalue weighted by molar-refractivity contribution is 5.95. The highest BCUT2D eigenvalue weighted by Gasteiger charge is 2.21. The Morgan fingerprint density at radius 3 is 3.00 bits per heavy atom. The summed E-state index contributed by atoms with van der Waals surface area (Å²) in [6.07, 6.45) is 2.39. The van der Waals surface area contributed by atoms with Crippen molar-refractivity contribution in [2.45, 2.75) is 26.7 Å². The maximum atomic E-state index is 11.5. The van der Waals surface area contributed by atoms with Crippen LogP contribution >= 0.6 is 0 Å². The van der Waals surface area contributed by atoms with Gasteiger partial charge in [-0.25, -0.2) is 0 Å². The molecule has 4 nitrogen and oxygen atoms in total. The van der Waals surface area contributed by atoms with Gasteiger partial charge in [0.05, 0.1) is 11.3 Å². The van der Waals surface area contributed by atoms with Crippen molar-refractivity contribution in [2.75, 3.05) is 31.5 Å². The third-order valence-corrected chi connectivity index (χ3v) is 4.04. The van der Waals surface area contributed by atoms with Crippen molar-refractivity contribution >= 4 is 11.5 Å². The first-order valence-electron chi connectivity index (χ1n) is 7.65. The van der Waals surface area contributed by atoms with Gasteiger partial charge in [0.15, 0.2) is 5.78 Å². The molecule has 0 aromatic heterocycles. The van der Waals surface area contributed by atoms with Gasteiger partial charge in [-0.05, 0) is 57.0 Å². The minimum atomic E-state index is 0.0255. The molecule has 1 aromatic carbocycles. The molecule has 0 radical (unpaired) electrons. The summed E-state index contributed by atoms with van der Waals surface area (Å²) in [7, 11) is 0. The molecular formula is C17H23N3O. The number of Topliss-reactive ketones (excluding diaryl/α,β-unsaturated/α-hetero) is 1. The first kappa shape index (κ1) is 15.5. The maximum absolute atomic E-state index is 11.5. The highest BCUT2D eigenvalue weighted by Crippen LogP contribution is 2.21. The van der Waals surface area contributed by atoms with Crippen molar-refractivity contribution in [1.82, 2.24) is 4.90 Å². The fraction of sp³-hybridized carbons (Fsp3) is 0.529. The van der Waals surface area contributed by atoms with Crippen LogP contribution in [0, 0.1) is 17.2 Å². The highest BCUT2D eigenvalue weighted by atomic mass is 16.1. The van der Waals surface area contributed by atoms with Crippen LogP contribution in [0.15, 0.2) is 18.2 Å². The number of likely N-dealkylation sites (tertiary alicyclic amines) is 1. The molecular weight excluding hydrogens is 262 g/mol. The summed E-state index contributed by atoms with van der Waals surface area (Å²) in [6, 6.07) is 7.41. The van der Waals surface area contributed by atoms with E-state index < -0.39 is 0 Å². The van der Waals surface area contributed by atoms with Crippen molar-refractivity contribution < 1.29 is 4.79 Å². The summed E-state index contributed by atoms with van der Waals surface area (Å²) in [5, 5.41) is 12.5. The molecule has 4 heteroatoms. The predicted molar refractivity (Wildman–Crippen MR) is 84.5 cm³/mol. The molecule has 1 atom stereocenters. The number of ketones is 1. The Kier molecular flexibility index (Phi) is 5.35. The van der Waals surface area contributed by atoms with Crippen LogP contribution in [0.25, 0.3) is 0 Å². The monoisotopic (exact) mass is 285 g/mol. The fourth-order valence-corrected chi connectivity index (χ4v) is 2.86. The van der Waals surface area contributed by atoms with E-state index >= 15 is 0 Å². The molecule has 1 aliphatic heterocycles. The number of hydrogen-bond donors (Lipinski definition) is 1. The van der Waals surface area contributed by atoms with E-state index in [1.54, 1.807) is 25.1 Å². The van der Waals surface area contributed by atoms with Gasteiger partial charge in [0.1, 0.15) is 6.07 Å². The number of hydrogen-bond acceptors (Lipinski definition) is 4. The van der Waals surface area contributed by atoms with Crippen LogP contribution in [-0.4, -0.2) is 36.9 Å². The first-order valence-corrected chi connectivity index (χ1v) is 7.65. The number of benzene rings is 1. The fourth-order valence-electron chi connectivity index (χ4n) is 2.86. The van der Waals surface area contributed by atoms with Gasteiger partial charge < -0.3 is 10.2 Å². The van der Waals surface area contributed by atoms with Crippen LogP contribution in [0.5, 0.6) is 0 Å². The van der Waals surface area contributed by atoms with Gasteiger partial charge in [0, 0.05) is 18.7 Å². The molecule has 0 saturated carbocycles. The lowest BCUT2D eigenvalue weighted by Crippen LogP contribution is -2.23. The lowest BCUT2D eigenvalue weighted by atomic mass is 10.1. The molecule has 1 aliphatic rings. The van der Waals surface area contributed by atoms with Crippen LogP contribution in [0.2, 0.25) is 0 Å². The number of nitrogens with one attached hydrogen (secondary N) is 1. The lowest BCUT2D eigenvalue weighted by Gasteiger charge is -2.16. The zero-order chi connectivity index (χ0) is 15.2. The standard InChI is InChI=1S/C17H23N3O/c1-3-7-20-8-6-14(12-20)11-19-17-9-15(13(2)21)4-5-16(17)10-18/h4-5,9,14,19H,3,6-8,11-12H2,1-2H3. The molecule has 2 rings (SSSR count). The van der Waals surface area contributed by atoms with Gasteiger partial charge in [0.25, 0.3) is 0 Å². The molecule has 0 spiro atoms. The summed E-state index contributed by atoms with van der Waals surface area (Å²) in [4.78, 5) is 13.9. The van der Waals surface area contributed by atoms with E-state index in [-0.39, 0.29) is 5.78 Å². The largest absolute Gasteiger partial charge is 0.384 e. The maximum Gasteiger partial charge on any atom is 0.159 e. The quantitative estimate of drug-likeness (QED) is 0.817. The van der Waals surface area contributed by atoms with Gasteiger partial charge >= 0.3 is 0 Å². The molecule has 0 bridgehead atoms. The van der Waals surface area contributed by atoms with Gasteiger partial charge in [-0.3, -0.25) is 4.79 Å². The van der Waals surface area contributed by atoms with Crippen LogP contribution in [0.3, 0.4) is 0 Å². The van der Waals surface area contributed by atoms with Crippen molar-refractivity contribution in [3.05, 3.63) is 29.3 Å². The summed E-state index contributed by atoms with van der Waals surface area (Å²) in [5.41, 5.74) is 2.03.